The van der Waals surface area contributed by atoms with Crippen molar-refractivity contribution >= 4 is 5.97 Å². The lowest BCUT2D eigenvalue weighted by Gasteiger charge is -2.14. The van der Waals surface area contributed by atoms with E-state index in [-0.39, 0.29) is 11.7 Å². The fraction of sp³-hybridized carbons (Fsp3) is 0.462. The highest BCUT2D eigenvalue weighted by molar-refractivity contribution is 5.72. The first-order valence-corrected chi connectivity index (χ1v) is 5.72. The second kappa shape index (κ2) is 6.35. The number of carbonyl (C=O) groups is 1. The molecule has 0 saturated carbocycles. The Hall–Kier alpha value is -1.42. The molecule has 1 rings (SSSR count). The van der Waals surface area contributed by atoms with E-state index < -0.39 is 12.0 Å². The molecule has 0 aliphatic rings. The highest BCUT2D eigenvalue weighted by atomic mass is 19.1. The van der Waals surface area contributed by atoms with Crippen LogP contribution >= 0.6 is 0 Å². The van der Waals surface area contributed by atoms with E-state index in [0.29, 0.717) is 6.54 Å². The molecule has 4 heteroatoms. The van der Waals surface area contributed by atoms with Crippen LogP contribution in [0.15, 0.2) is 24.3 Å². The number of hydrogen-bond donors (Lipinski definition) is 2. The lowest BCUT2D eigenvalue weighted by atomic mass is 9.98. The summed E-state index contributed by atoms with van der Waals surface area (Å²) in [6.45, 7) is 4.21. The summed E-state index contributed by atoms with van der Waals surface area (Å²) in [6.07, 6.45) is 0.779. The molecule has 0 fully saturated rings. The number of aliphatic carboxylic acids is 1. The number of carboxylic acids is 1. The highest BCUT2D eigenvalue weighted by Gasteiger charge is 2.11. The average Bonchev–Trinajstić information content (AvgIpc) is 2.28. The Balaban J connectivity index is 2.40. The van der Waals surface area contributed by atoms with Crippen molar-refractivity contribution in [3.8, 4) is 0 Å². The van der Waals surface area contributed by atoms with Crippen LogP contribution in [0, 0.1) is 5.82 Å². The molecule has 17 heavy (non-hydrogen) atoms. The number of nitrogens with one attached hydrogen (secondary N) is 1. The van der Waals surface area contributed by atoms with Crippen LogP contribution in [0.3, 0.4) is 0 Å². The smallest absolute Gasteiger partial charge is 0.320 e. The van der Waals surface area contributed by atoms with Crippen LogP contribution in [0.5, 0.6) is 0 Å². The van der Waals surface area contributed by atoms with Crippen LogP contribution < -0.4 is 5.32 Å². The summed E-state index contributed by atoms with van der Waals surface area (Å²) in [6, 6.07) is 5.96. The average molecular weight is 239 g/mol. The zero-order valence-corrected chi connectivity index (χ0v) is 10.1. The number of benzene rings is 1. The Labute approximate surface area is 101 Å². The monoisotopic (exact) mass is 239 g/mol. The van der Waals surface area contributed by atoms with E-state index >= 15 is 0 Å². The third-order valence-electron chi connectivity index (χ3n) is 2.82. The van der Waals surface area contributed by atoms with Gasteiger partial charge in [-0.05, 0) is 43.5 Å². The fourth-order valence-electron chi connectivity index (χ4n) is 1.58. The Bertz CT molecular complexity index is 381. The number of rotatable bonds is 6. The second-order valence-electron chi connectivity index (χ2n) is 4.26. The zero-order chi connectivity index (χ0) is 12.8. The van der Waals surface area contributed by atoms with E-state index in [0.717, 1.165) is 12.0 Å². The molecule has 1 aromatic carbocycles. The number of halogens is 1. The predicted molar refractivity (Wildman–Crippen MR) is 64.5 cm³/mol. The minimum absolute atomic E-state index is 0.208. The van der Waals surface area contributed by atoms with E-state index in [1.165, 1.54) is 12.1 Å². The second-order valence-corrected chi connectivity index (χ2v) is 4.26. The first-order chi connectivity index (χ1) is 8.00. The maximum Gasteiger partial charge on any atom is 0.320 e. The van der Waals surface area contributed by atoms with Gasteiger partial charge in [-0.3, -0.25) is 4.79 Å². The molecule has 0 saturated heterocycles. The lowest BCUT2D eigenvalue weighted by Crippen LogP contribution is -2.34. The predicted octanol–water partition coefficient (Wildman–Crippen LogP) is 2.38. The topological polar surface area (TPSA) is 49.3 Å². The minimum Gasteiger partial charge on any atom is -0.480 e. The van der Waals surface area contributed by atoms with E-state index in [9.17, 15) is 9.18 Å². The van der Waals surface area contributed by atoms with Gasteiger partial charge < -0.3 is 10.4 Å². The molecule has 3 nitrogen and oxygen atoms in total. The van der Waals surface area contributed by atoms with Crippen LogP contribution in [0.25, 0.3) is 0 Å². The van der Waals surface area contributed by atoms with Crippen molar-refractivity contribution in [2.45, 2.75) is 32.2 Å². The molecule has 94 valence electrons. The molecule has 0 aliphatic carbocycles. The zero-order valence-electron chi connectivity index (χ0n) is 10.1. The molecule has 0 spiro atoms. The Morgan fingerprint density at radius 3 is 2.76 bits per heavy atom. The Kier molecular flexibility index (Phi) is 5.10. The summed E-state index contributed by atoms with van der Waals surface area (Å²) >= 11 is 0. The van der Waals surface area contributed by atoms with Gasteiger partial charge in [0.2, 0.25) is 0 Å². The van der Waals surface area contributed by atoms with E-state index in [1.54, 1.807) is 13.0 Å². The molecule has 0 bridgehead atoms. The molecular weight excluding hydrogens is 221 g/mol. The third kappa shape index (κ3) is 4.53. The quantitative estimate of drug-likeness (QED) is 0.801. The summed E-state index contributed by atoms with van der Waals surface area (Å²) < 4.78 is 13.0. The molecule has 0 heterocycles. The van der Waals surface area contributed by atoms with Crippen LogP contribution in [0.4, 0.5) is 4.39 Å². The Morgan fingerprint density at radius 1 is 1.47 bits per heavy atom. The maximum absolute atomic E-state index is 13.0. The molecule has 0 amide bonds. The first-order valence-electron chi connectivity index (χ1n) is 5.72. The van der Waals surface area contributed by atoms with Crippen molar-refractivity contribution in [1.82, 2.24) is 5.32 Å². The summed E-state index contributed by atoms with van der Waals surface area (Å²) in [4.78, 5) is 10.6. The largest absolute Gasteiger partial charge is 0.480 e. The molecule has 1 aromatic rings. The van der Waals surface area contributed by atoms with Crippen molar-refractivity contribution in [2.75, 3.05) is 6.54 Å². The fourth-order valence-corrected chi connectivity index (χ4v) is 1.58. The highest BCUT2D eigenvalue weighted by Crippen LogP contribution is 2.18. The number of carboxylic acid groups (broad SMARTS) is 1. The van der Waals surface area contributed by atoms with E-state index in [2.05, 4.69) is 5.32 Å². The molecule has 0 aromatic heterocycles. The van der Waals surface area contributed by atoms with Crippen LogP contribution in [0.2, 0.25) is 0 Å². The van der Waals surface area contributed by atoms with Crippen molar-refractivity contribution in [3.63, 3.8) is 0 Å². The summed E-state index contributed by atoms with van der Waals surface area (Å²) in [7, 11) is 0. The van der Waals surface area contributed by atoms with Crippen molar-refractivity contribution < 1.29 is 14.3 Å². The van der Waals surface area contributed by atoms with Crippen molar-refractivity contribution in [3.05, 3.63) is 35.6 Å². The van der Waals surface area contributed by atoms with Gasteiger partial charge in [-0.15, -0.1) is 0 Å². The van der Waals surface area contributed by atoms with Crippen molar-refractivity contribution in [2.24, 2.45) is 0 Å². The molecule has 0 radical (unpaired) electrons. The van der Waals surface area contributed by atoms with Crippen LogP contribution in [0.1, 0.15) is 31.7 Å². The molecule has 0 unspecified atom stereocenters. The van der Waals surface area contributed by atoms with Crippen LogP contribution in [-0.2, 0) is 4.79 Å². The van der Waals surface area contributed by atoms with Gasteiger partial charge >= 0.3 is 5.97 Å². The lowest BCUT2D eigenvalue weighted by molar-refractivity contribution is -0.138. The molecule has 0 aliphatic heterocycles. The van der Waals surface area contributed by atoms with Gasteiger partial charge in [-0.2, -0.15) is 0 Å². The van der Waals surface area contributed by atoms with Crippen LogP contribution in [-0.4, -0.2) is 23.7 Å². The van der Waals surface area contributed by atoms with Gasteiger partial charge in [0.25, 0.3) is 0 Å². The summed E-state index contributed by atoms with van der Waals surface area (Å²) in [5.74, 6) is -0.885. The number of hydrogen-bond acceptors (Lipinski definition) is 2. The van der Waals surface area contributed by atoms with Gasteiger partial charge in [-0.1, -0.05) is 19.1 Å². The van der Waals surface area contributed by atoms with Gasteiger partial charge in [0, 0.05) is 0 Å². The van der Waals surface area contributed by atoms with Gasteiger partial charge in [-0.25, -0.2) is 4.39 Å². The third-order valence-corrected chi connectivity index (χ3v) is 2.82. The standard InChI is InChI=1S/C13H18FNO2/c1-9(6-7-15-10(2)13(16)17)11-4-3-5-12(14)8-11/h3-5,8-10,15H,6-7H2,1-2H3,(H,16,17)/t9-,10+/m0/s1. The normalized spacial score (nSPS) is 14.3. The maximum atomic E-state index is 13.0. The Morgan fingerprint density at radius 2 is 2.18 bits per heavy atom. The summed E-state index contributed by atoms with van der Waals surface area (Å²) in [5.41, 5.74) is 0.940. The molecular formula is C13H18FNO2. The van der Waals surface area contributed by atoms with E-state index in [4.69, 9.17) is 5.11 Å². The van der Waals surface area contributed by atoms with Gasteiger partial charge in [0.15, 0.2) is 0 Å². The molecule has 2 atom stereocenters. The van der Waals surface area contributed by atoms with Gasteiger partial charge in [0.05, 0.1) is 0 Å². The van der Waals surface area contributed by atoms with Gasteiger partial charge in [0.1, 0.15) is 11.9 Å². The minimum atomic E-state index is -0.858. The van der Waals surface area contributed by atoms with E-state index in [1.807, 2.05) is 13.0 Å². The van der Waals surface area contributed by atoms with Crippen molar-refractivity contribution in [1.29, 1.82) is 0 Å². The summed E-state index contributed by atoms with van der Waals surface area (Å²) in [5, 5.41) is 11.6. The SMILES string of the molecule is C[C@@H](NCC[C@H](C)c1cccc(F)c1)C(=O)O. The molecule has 2 N–H and O–H groups in total. The first kappa shape index (κ1) is 13.6.